The van der Waals surface area contributed by atoms with Gasteiger partial charge < -0.3 is 5.73 Å². The first-order valence-electron chi connectivity index (χ1n) is 6.26. The van der Waals surface area contributed by atoms with E-state index in [0.717, 1.165) is 29.0 Å². The fraction of sp³-hybridized carbons (Fsp3) is 0.417. The first-order chi connectivity index (χ1) is 9.10. The first kappa shape index (κ1) is 11.8. The van der Waals surface area contributed by atoms with E-state index in [1.807, 2.05) is 35.6 Å². The monoisotopic (exact) mass is 259 g/mol. The van der Waals surface area contributed by atoms with Crippen molar-refractivity contribution in [2.45, 2.75) is 26.9 Å². The maximum absolute atomic E-state index is 6.03. The molecule has 0 amide bonds. The van der Waals surface area contributed by atoms with Gasteiger partial charge in [0, 0.05) is 25.4 Å². The number of nitrogen functional groups attached to an aromatic ring is 1. The molecule has 3 heterocycles. The quantitative estimate of drug-likeness (QED) is 0.758. The van der Waals surface area contributed by atoms with E-state index in [2.05, 4.69) is 22.1 Å². The van der Waals surface area contributed by atoms with E-state index in [9.17, 15) is 0 Å². The Morgan fingerprint density at radius 2 is 2.16 bits per heavy atom. The fourth-order valence-corrected chi connectivity index (χ4v) is 2.35. The lowest BCUT2D eigenvalue weighted by molar-refractivity contribution is 0.648. The van der Waals surface area contributed by atoms with Gasteiger partial charge in [0.1, 0.15) is 5.52 Å². The van der Waals surface area contributed by atoms with E-state index in [4.69, 9.17) is 5.73 Å². The van der Waals surface area contributed by atoms with Gasteiger partial charge in [-0.1, -0.05) is 0 Å². The van der Waals surface area contributed by atoms with Crippen molar-refractivity contribution >= 4 is 17.1 Å². The Hall–Kier alpha value is -2.31. The second-order valence-corrected chi connectivity index (χ2v) is 4.65. The summed E-state index contributed by atoms with van der Waals surface area (Å²) in [5.41, 5.74) is 9.88. The van der Waals surface area contributed by atoms with Crippen LogP contribution in [0.15, 0.2) is 12.4 Å². The molecule has 3 aromatic rings. The van der Waals surface area contributed by atoms with Crippen LogP contribution in [-0.2, 0) is 20.1 Å². The molecular formula is C12H17N7. The normalized spacial score (nSPS) is 11.5. The molecule has 7 nitrogen and oxygen atoms in total. The molecule has 100 valence electrons. The third-order valence-corrected chi connectivity index (χ3v) is 3.23. The summed E-state index contributed by atoms with van der Waals surface area (Å²) < 4.78 is 5.70. The van der Waals surface area contributed by atoms with E-state index >= 15 is 0 Å². The lowest BCUT2D eigenvalue weighted by Crippen LogP contribution is -2.09. The molecule has 19 heavy (non-hydrogen) atoms. The van der Waals surface area contributed by atoms with Crippen LogP contribution >= 0.6 is 0 Å². The summed E-state index contributed by atoms with van der Waals surface area (Å²) in [5.74, 6) is 0.515. The molecule has 2 N–H and O–H groups in total. The lowest BCUT2D eigenvalue weighted by atomic mass is 10.3. The highest BCUT2D eigenvalue weighted by Crippen LogP contribution is 2.22. The number of fused-ring (bicyclic) bond motifs is 1. The van der Waals surface area contributed by atoms with Crippen molar-refractivity contribution < 1.29 is 0 Å². The molecule has 0 radical (unpaired) electrons. The van der Waals surface area contributed by atoms with Crippen molar-refractivity contribution in [2.75, 3.05) is 5.73 Å². The van der Waals surface area contributed by atoms with Crippen molar-refractivity contribution in [1.29, 1.82) is 0 Å². The van der Waals surface area contributed by atoms with Crippen LogP contribution in [0.5, 0.6) is 0 Å². The van der Waals surface area contributed by atoms with E-state index in [1.165, 1.54) is 0 Å². The summed E-state index contributed by atoms with van der Waals surface area (Å²) in [6.45, 7) is 5.46. The Bertz CT molecular complexity index is 731. The molecule has 3 rings (SSSR count). The van der Waals surface area contributed by atoms with Crippen molar-refractivity contribution in [3.05, 3.63) is 23.7 Å². The second-order valence-electron chi connectivity index (χ2n) is 4.65. The highest BCUT2D eigenvalue weighted by atomic mass is 15.4. The molecule has 0 saturated heterocycles. The number of aromatic nitrogens is 6. The zero-order valence-corrected chi connectivity index (χ0v) is 11.3. The number of hydrogen-bond donors (Lipinski definition) is 1. The minimum atomic E-state index is 0.515. The topological polar surface area (TPSA) is 79.5 Å². The predicted octanol–water partition coefficient (Wildman–Crippen LogP) is 0.925. The third-order valence-electron chi connectivity index (χ3n) is 3.23. The van der Waals surface area contributed by atoms with Crippen LogP contribution in [0.2, 0.25) is 0 Å². The van der Waals surface area contributed by atoms with Gasteiger partial charge in [-0.15, -0.1) is 0 Å². The van der Waals surface area contributed by atoms with Gasteiger partial charge in [0.15, 0.2) is 5.65 Å². The number of hydrogen-bond acceptors (Lipinski definition) is 4. The average Bonchev–Trinajstić information content (AvgIpc) is 3.00. The predicted molar refractivity (Wildman–Crippen MR) is 72.7 cm³/mol. The highest BCUT2D eigenvalue weighted by Gasteiger charge is 2.17. The van der Waals surface area contributed by atoms with Gasteiger partial charge >= 0.3 is 0 Å². The van der Waals surface area contributed by atoms with Crippen molar-refractivity contribution in [3.63, 3.8) is 0 Å². The lowest BCUT2D eigenvalue weighted by Gasteiger charge is -2.06. The smallest absolute Gasteiger partial charge is 0.202 e. The largest absolute Gasteiger partial charge is 0.369 e. The number of nitrogens with zero attached hydrogens (tertiary/aromatic N) is 6. The molecule has 0 bridgehead atoms. The van der Waals surface area contributed by atoms with Crippen molar-refractivity contribution in [1.82, 2.24) is 29.1 Å². The van der Waals surface area contributed by atoms with Crippen LogP contribution in [-0.4, -0.2) is 29.1 Å². The summed E-state index contributed by atoms with van der Waals surface area (Å²) in [6.07, 6.45) is 3.82. The van der Waals surface area contributed by atoms with Gasteiger partial charge in [-0.25, -0.2) is 9.67 Å². The van der Waals surface area contributed by atoms with Crippen LogP contribution in [0.25, 0.3) is 11.2 Å². The van der Waals surface area contributed by atoms with Gasteiger partial charge in [0.25, 0.3) is 0 Å². The van der Waals surface area contributed by atoms with Crippen LogP contribution in [0.3, 0.4) is 0 Å². The Morgan fingerprint density at radius 3 is 2.79 bits per heavy atom. The van der Waals surface area contributed by atoms with Crippen molar-refractivity contribution in [2.24, 2.45) is 7.05 Å². The summed E-state index contributed by atoms with van der Waals surface area (Å²) in [7, 11) is 1.90. The molecule has 7 heteroatoms. The second kappa shape index (κ2) is 4.11. The van der Waals surface area contributed by atoms with Gasteiger partial charge in [0.2, 0.25) is 5.95 Å². The van der Waals surface area contributed by atoms with Crippen LogP contribution in [0, 0.1) is 6.92 Å². The number of rotatable bonds is 3. The average molecular weight is 259 g/mol. The minimum Gasteiger partial charge on any atom is -0.369 e. The molecule has 0 atom stereocenters. The van der Waals surface area contributed by atoms with Gasteiger partial charge in [0.05, 0.1) is 18.4 Å². The van der Waals surface area contributed by atoms with Crippen molar-refractivity contribution in [3.8, 4) is 0 Å². The Labute approximate surface area is 110 Å². The number of aryl methyl sites for hydroxylation is 3. The minimum absolute atomic E-state index is 0.515. The molecular weight excluding hydrogens is 242 g/mol. The molecule has 0 spiro atoms. The van der Waals surface area contributed by atoms with Crippen LogP contribution in [0.1, 0.15) is 18.2 Å². The van der Waals surface area contributed by atoms with Crippen LogP contribution in [0.4, 0.5) is 5.95 Å². The van der Waals surface area contributed by atoms with E-state index in [0.29, 0.717) is 12.5 Å². The molecule has 3 aromatic heterocycles. The van der Waals surface area contributed by atoms with Gasteiger partial charge in [-0.05, 0) is 13.8 Å². The zero-order valence-electron chi connectivity index (χ0n) is 11.3. The molecule has 0 unspecified atom stereocenters. The summed E-state index contributed by atoms with van der Waals surface area (Å²) in [4.78, 5) is 4.41. The Kier molecular flexibility index (Phi) is 2.55. The standard InChI is InChI=1S/C12H17N7/c1-4-19-11-10(8(2)16-19)15-12(13)18(11)7-9-5-14-17(3)6-9/h5-6H,4,7H2,1-3H3,(H2,13,15). The zero-order chi connectivity index (χ0) is 13.6. The Balaban J connectivity index is 2.14. The van der Waals surface area contributed by atoms with E-state index in [-0.39, 0.29) is 0 Å². The number of anilines is 1. The summed E-state index contributed by atoms with van der Waals surface area (Å²) in [6, 6.07) is 0. The molecule has 0 aliphatic rings. The Morgan fingerprint density at radius 1 is 1.37 bits per heavy atom. The molecule has 0 aliphatic carbocycles. The van der Waals surface area contributed by atoms with E-state index < -0.39 is 0 Å². The maximum Gasteiger partial charge on any atom is 0.202 e. The third kappa shape index (κ3) is 1.78. The number of imidazole rings is 1. The summed E-state index contributed by atoms with van der Waals surface area (Å²) >= 11 is 0. The maximum atomic E-state index is 6.03. The summed E-state index contributed by atoms with van der Waals surface area (Å²) in [5, 5.41) is 8.65. The fourth-order valence-electron chi connectivity index (χ4n) is 2.35. The molecule has 0 saturated carbocycles. The SMILES string of the molecule is CCn1nc(C)c2nc(N)n(Cc3cnn(C)c3)c21. The highest BCUT2D eigenvalue weighted by molar-refractivity contribution is 5.77. The van der Waals surface area contributed by atoms with Gasteiger partial charge in [-0.3, -0.25) is 9.25 Å². The molecule has 0 fully saturated rings. The van der Waals surface area contributed by atoms with Gasteiger partial charge in [-0.2, -0.15) is 10.2 Å². The first-order valence-corrected chi connectivity index (χ1v) is 6.26. The van der Waals surface area contributed by atoms with Crippen LogP contribution < -0.4 is 5.73 Å². The molecule has 0 aromatic carbocycles. The molecule has 0 aliphatic heterocycles. The number of nitrogens with two attached hydrogens (primary N) is 1. The van der Waals surface area contributed by atoms with E-state index in [1.54, 1.807) is 4.68 Å².